The summed E-state index contributed by atoms with van der Waals surface area (Å²) in [4.78, 5) is 13.4. The molecule has 1 aliphatic heterocycles. The molecule has 0 aliphatic carbocycles. The Morgan fingerprint density at radius 3 is 3.00 bits per heavy atom. The van der Waals surface area contributed by atoms with Crippen molar-refractivity contribution in [3.05, 3.63) is 34.9 Å². The van der Waals surface area contributed by atoms with E-state index in [2.05, 4.69) is 5.92 Å². The number of rotatable bonds is 2. The maximum Gasteiger partial charge on any atom is 0.254 e. The molecule has 0 unspecified atom stereocenters. The van der Waals surface area contributed by atoms with Crippen LogP contribution in [0.2, 0.25) is 0 Å². The quantitative estimate of drug-likeness (QED) is 0.698. The molecule has 0 fully saturated rings. The fourth-order valence-corrected chi connectivity index (χ4v) is 1.73. The van der Waals surface area contributed by atoms with Crippen LogP contribution in [0.15, 0.2) is 18.2 Å². The highest BCUT2D eigenvalue weighted by atomic mass is 16.5. The summed E-state index contributed by atoms with van der Waals surface area (Å²) in [6, 6.07) is 5.65. The number of hydrogen-bond acceptors (Lipinski definition) is 2. The van der Waals surface area contributed by atoms with E-state index in [9.17, 15) is 4.79 Å². The van der Waals surface area contributed by atoms with E-state index in [0.717, 1.165) is 11.1 Å². The van der Waals surface area contributed by atoms with Crippen LogP contribution in [0.1, 0.15) is 21.5 Å². The van der Waals surface area contributed by atoms with E-state index >= 15 is 0 Å². The Hall–Kier alpha value is -1.79. The molecule has 1 aliphatic rings. The number of fused-ring (bicyclic) bond motifs is 1. The van der Waals surface area contributed by atoms with Gasteiger partial charge in [-0.05, 0) is 23.3 Å². The molecule has 1 aromatic carbocycles. The van der Waals surface area contributed by atoms with Crippen LogP contribution in [0.4, 0.5) is 0 Å². The summed E-state index contributed by atoms with van der Waals surface area (Å²) >= 11 is 0. The van der Waals surface area contributed by atoms with E-state index in [1.54, 1.807) is 7.05 Å². The van der Waals surface area contributed by atoms with Crippen molar-refractivity contribution in [2.75, 3.05) is 13.6 Å². The second kappa shape index (κ2) is 4.38. The van der Waals surface area contributed by atoms with Gasteiger partial charge in [-0.15, -0.1) is 6.42 Å². The molecule has 0 saturated carbocycles. The molecule has 0 N–H and O–H groups in total. The van der Waals surface area contributed by atoms with Gasteiger partial charge in [0.05, 0.1) is 19.8 Å². The van der Waals surface area contributed by atoms with Crippen LogP contribution in [-0.2, 0) is 18.0 Å². The highest BCUT2D eigenvalue weighted by molar-refractivity contribution is 5.94. The summed E-state index contributed by atoms with van der Waals surface area (Å²) in [6.45, 7) is 1.56. The summed E-state index contributed by atoms with van der Waals surface area (Å²) < 4.78 is 5.30. The monoisotopic (exact) mass is 215 g/mol. The summed E-state index contributed by atoms with van der Waals surface area (Å²) in [5.41, 5.74) is 2.93. The molecule has 1 aromatic rings. The van der Waals surface area contributed by atoms with Gasteiger partial charge in [-0.2, -0.15) is 0 Å². The van der Waals surface area contributed by atoms with E-state index in [4.69, 9.17) is 11.2 Å². The second-order valence-electron chi connectivity index (χ2n) is 3.84. The van der Waals surface area contributed by atoms with Gasteiger partial charge in [-0.25, -0.2) is 0 Å². The van der Waals surface area contributed by atoms with Crippen molar-refractivity contribution in [2.24, 2.45) is 0 Å². The van der Waals surface area contributed by atoms with Crippen molar-refractivity contribution in [1.29, 1.82) is 0 Å². The molecule has 0 bridgehead atoms. The van der Waals surface area contributed by atoms with Gasteiger partial charge in [-0.3, -0.25) is 4.79 Å². The SMILES string of the molecule is C#CCN(C)C(=O)c1ccc2c(c1)COC2. The molecule has 0 spiro atoms. The van der Waals surface area contributed by atoms with Crippen molar-refractivity contribution in [3.8, 4) is 12.3 Å². The number of carbonyl (C=O) groups is 1. The number of benzene rings is 1. The third-order valence-electron chi connectivity index (χ3n) is 2.64. The molecule has 82 valence electrons. The van der Waals surface area contributed by atoms with Gasteiger partial charge in [0.1, 0.15) is 0 Å². The minimum Gasteiger partial charge on any atom is -0.372 e. The van der Waals surface area contributed by atoms with Crippen LogP contribution in [0.3, 0.4) is 0 Å². The highest BCUT2D eigenvalue weighted by Crippen LogP contribution is 2.21. The maximum absolute atomic E-state index is 11.9. The Morgan fingerprint density at radius 2 is 2.25 bits per heavy atom. The fraction of sp³-hybridized carbons (Fsp3) is 0.308. The Kier molecular flexibility index (Phi) is 2.93. The molecule has 2 rings (SSSR count). The lowest BCUT2D eigenvalue weighted by atomic mass is 10.1. The molecule has 3 nitrogen and oxygen atoms in total. The first kappa shape index (κ1) is 10.7. The summed E-state index contributed by atoms with van der Waals surface area (Å²) in [7, 11) is 1.70. The first-order chi connectivity index (χ1) is 7.72. The second-order valence-corrected chi connectivity index (χ2v) is 3.84. The van der Waals surface area contributed by atoms with Crippen LogP contribution >= 0.6 is 0 Å². The predicted molar refractivity (Wildman–Crippen MR) is 60.7 cm³/mol. The first-order valence-electron chi connectivity index (χ1n) is 5.11. The van der Waals surface area contributed by atoms with Gasteiger partial charge < -0.3 is 9.64 Å². The van der Waals surface area contributed by atoms with Crippen LogP contribution in [0.5, 0.6) is 0 Å². The van der Waals surface area contributed by atoms with Crippen LogP contribution < -0.4 is 0 Å². The Bertz CT molecular complexity index is 459. The lowest BCUT2D eigenvalue weighted by molar-refractivity contribution is 0.0812. The van der Waals surface area contributed by atoms with Crippen molar-refractivity contribution in [1.82, 2.24) is 4.90 Å². The Labute approximate surface area is 95.0 Å². The lowest BCUT2D eigenvalue weighted by Gasteiger charge is -2.14. The van der Waals surface area contributed by atoms with Gasteiger partial charge in [0.15, 0.2) is 0 Å². The molecule has 0 aromatic heterocycles. The van der Waals surface area contributed by atoms with Gasteiger partial charge >= 0.3 is 0 Å². The average molecular weight is 215 g/mol. The summed E-state index contributed by atoms with van der Waals surface area (Å²) in [6.07, 6.45) is 5.17. The zero-order valence-corrected chi connectivity index (χ0v) is 9.19. The van der Waals surface area contributed by atoms with E-state index in [1.807, 2.05) is 18.2 Å². The normalized spacial score (nSPS) is 13.0. The molecule has 1 heterocycles. The molecular weight excluding hydrogens is 202 g/mol. The minimum absolute atomic E-state index is 0.0485. The minimum atomic E-state index is -0.0485. The molecular formula is C13H13NO2. The Morgan fingerprint density at radius 1 is 1.50 bits per heavy atom. The standard InChI is InChI=1S/C13H13NO2/c1-3-6-14(2)13(15)10-4-5-11-8-16-9-12(11)7-10/h1,4-5,7H,6,8-9H2,2H3. The Balaban J connectivity index is 2.22. The summed E-state index contributed by atoms with van der Waals surface area (Å²) in [5.74, 6) is 2.40. The van der Waals surface area contributed by atoms with Crippen molar-refractivity contribution in [3.63, 3.8) is 0 Å². The average Bonchev–Trinajstić information content (AvgIpc) is 2.75. The fourth-order valence-electron chi connectivity index (χ4n) is 1.73. The molecule has 1 amide bonds. The van der Waals surface area contributed by atoms with Crippen molar-refractivity contribution < 1.29 is 9.53 Å². The van der Waals surface area contributed by atoms with Crippen LogP contribution in [0.25, 0.3) is 0 Å². The number of hydrogen-bond donors (Lipinski definition) is 0. The number of terminal acetylenes is 1. The molecule has 0 saturated heterocycles. The smallest absolute Gasteiger partial charge is 0.254 e. The molecule has 3 heteroatoms. The number of carbonyl (C=O) groups excluding carboxylic acids is 1. The predicted octanol–water partition coefficient (Wildman–Crippen LogP) is 1.42. The number of amides is 1. The van der Waals surface area contributed by atoms with Gasteiger partial charge in [0.25, 0.3) is 5.91 Å². The van der Waals surface area contributed by atoms with E-state index in [1.165, 1.54) is 4.90 Å². The van der Waals surface area contributed by atoms with Crippen LogP contribution in [-0.4, -0.2) is 24.4 Å². The van der Waals surface area contributed by atoms with Crippen LogP contribution in [0, 0.1) is 12.3 Å². The highest BCUT2D eigenvalue weighted by Gasteiger charge is 2.16. The van der Waals surface area contributed by atoms with E-state index in [0.29, 0.717) is 25.3 Å². The molecule has 0 radical (unpaired) electrons. The lowest BCUT2D eigenvalue weighted by Crippen LogP contribution is -2.27. The zero-order valence-electron chi connectivity index (χ0n) is 9.19. The number of ether oxygens (including phenoxy) is 1. The van der Waals surface area contributed by atoms with Gasteiger partial charge in [0.2, 0.25) is 0 Å². The third kappa shape index (κ3) is 1.93. The largest absolute Gasteiger partial charge is 0.372 e. The van der Waals surface area contributed by atoms with Gasteiger partial charge in [-0.1, -0.05) is 12.0 Å². The molecule has 0 atom stereocenters. The molecule has 16 heavy (non-hydrogen) atoms. The van der Waals surface area contributed by atoms with Crippen molar-refractivity contribution >= 4 is 5.91 Å². The zero-order chi connectivity index (χ0) is 11.5. The third-order valence-corrected chi connectivity index (χ3v) is 2.64. The maximum atomic E-state index is 11.9. The van der Waals surface area contributed by atoms with E-state index < -0.39 is 0 Å². The first-order valence-corrected chi connectivity index (χ1v) is 5.11. The number of nitrogens with zero attached hydrogens (tertiary/aromatic N) is 1. The van der Waals surface area contributed by atoms with E-state index in [-0.39, 0.29) is 5.91 Å². The topological polar surface area (TPSA) is 29.5 Å². The summed E-state index contributed by atoms with van der Waals surface area (Å²) in [5, 5.41) is 0. The van der Waals surface area contributed by atoms with Crippen molar-refractivity contribution in [2.45, 2.75) is 13.2 Å². The van der Waals surface area contributed by atoms with Gasteiger partial charge in [0, 0.05) is 12.6 Å².